The lowest BCUT2D eigenvalue weighted by molar-refractivity contribution is 0.102. The third-order valence-corrected chi connectivity index (χ3v) is 3.20. The van der Waals surface area contributed by atoms with E-state index in [1.54, 1.807) is 24.3 Å². The van der Waals surface area contributed by atoms with Gasteiger partial charge in [0.1, 0.15) is 11.5 Å². The van der Waals surface area contributed by atoms with Crippen LogP contribution < -0.4 is 14.8 Å². The molecule has 0 aliphatic carbocycles. The maximum absolute atomic E-state index is 12.4. The minimum absolute atomic E-state index is 0.106. The fraction of sp³-hybridized carbons (Fsp3) is 0.350. The van der Waals surface area contributed by atoms with Gasteiger partial charge in [0.15, 0.2) is 0 Å². The summed E-state index contributed by atoms with van der Waals surface area (Å²) in [5.41, 5.74) is 1.25. The van der Waals surface area contributed by atoms with Gasteiger partial charge in [-0.1, -0.05) is 26.0 Å². The Morgan fingerprint density at radius 3 is 2.29 bits per heavy atom. The lowest BCUT2D eigenvalue weighted by atomic mass is 10.2. The standard InChI is InChI=1S/C20H25NO3/c1-14(2)13-23-19-8-6-5-7-18(19)21-20(22)16-9-11-17(12-10-16)24-15(3)4/h5-12,14-15H,13H2,1-4H3,(H,21,22). The lowest BCUT2D eigenvalue weighted by Gasteiger charge is -2.14. The highest BCUT2D eigenvalue weighted by Gasteiger charge is 2.10. The Bertz CT molecular complexity index is 663. The predicted molar refractivity (Wildman–Crippen MR) is 96.9 cm³/mol. The average Bonchev–Trinajstić information content (AvgIpc) is 2.54. The zero-order valence-corrected chi connectivity index (χ0v) is 14.7. The molecule has 24 heavy (non-hydrogen) atoms. The van der Waals surface area contributed by atoms with Gasteiger partial charge in [0, 0.05) is 5.56 Å². The number of para-hydroxylation sites is 2. The molecule has 0 atom stereocenters. The van der Waals surface area contributed by atoms with Crippen molar-refractivity contribution in [2.24, 2.45) is 5.92 Å². The van der Waals surface area contributed by atoms with Crippen LogP contribution in [0.1, 0.15) is 38.1 Å². The van der Waals surface area contributed by atoms with Gasteiger partial charge in [-0.3, -0.25) is 4.79 Å². The summed E-state index contributed by atoms with van der Waals surface area (Å²) in [6.45, 7) is 8.71. The fourth-order valence-corrected chi connectivity index (χ4v) is 2.10. The predicted octanol–water partition coefficient (Wildman–Crippen LogP) is 4.76. The molecule has 0 aromatic heterocycles. The fourth-order valence-electron chi connectivity index (χ4n) is 2.10. The first-order chi connectivity index (χ1) is 11.5. The summed E-state index contributed by atoms with van der Waals surface area (Å²) in [6, 6.07) is 14.6. The van der Waals surface area contributed by atoms with Crippen LogP contribution in [0.2, 0.25) is 0 Å². The summed E-state index contributed by atoms with van der Waals surface area (Å²) in [4.78, 5) is 12.4. The van der Waals surface area contributed by atoms with Crippen molar-refractivity contribution in [2.45, 2.75) is 33.8 Å². The number of ether oxygens (including phenoxy) is 2. The van der Waals surface area contributed by atoms with Gasteiger partial charge in [0.25, 0.3) is 5.91 Å². The number of carbonyl (C=O) groups excluding carboxylic acids is 1. The van der Waals surface area contributed by atoms with Crippen molar-refractivity contribution in [3.63, 3.8) is 0 Å². The number of nitrogens with one attached hydrogen (secondary N) is 1. The molecule has 0 spiro atoms. The molecular weight excluding hydrogens is 302 g/mol. The lowest BCUT2D eigenvalue weighted by Crippen LogP contribution is -2.14. The maximum Gasteiger partial charge on any atom is 0.255 e. The van der Waals surface area contributed by atoms with Gasteiger partial charge in [-0.2, -0.15) is 0 Å². The summed E-state index contributed by atoms with van der Waals surface area (Å²) in [7, 11) is 0. The number of carbonyl (C=O) groups is 1. The highest BCUT2D eigenvalue weighted by Crippen LogP contribution is 2.25. The summed E-state index contributed by atoms with van der Waals surface area (Å²) in [6.07, 6.45) is 0.106. The van der Waals surface area contributed by atoms with Crippen LogP contribution in [-0.4, -0.2) is 18.6 Å². The topological polar surface area (TPSA) is 47.6 Å². The first kappa shape index (κ1) is 17.9. The van der Waals surface area contributed by atoms with E-state index >= 15 is 0 Å². The van der Waals surface area contributed by atoms with E-state index in [2.05, 4.69) is 19.2 Å². The Kier molecular flexibility index (Phi) is 6.24. The number of amides is 1. The first-order valence-corrected chi connectivity index (χ1v) is 8.25. The van der Waals surface area contributed by atoms with E-state index in [-0.39, 0.29) is 12.0 Å². The molecule has 2 rings (SSSR count). The third kappa shape index (κ3) is 5.30. The van der Waals surface area contributed by atoms with E-state index in [4.69, 9.17) is 9.47 Å². The Labute approximate surface area is 143 Å². The molecule has 0 aliphatic heterocycles. The third-order valence-electron chi connectivity index (χ3n) is 3.20. The molecule has 0 radical (unpaired) electrons. The molecule has 1 amide bonds. The van der Waals surface area contributed by atoms with E-state index in [0.717, 1.165) is 5.75 Å². The summed E-state index contributed by atoms with van der Waals surface area (Å²) < 4.78 is 11.4. The Balaban J connectivity index is 2.06. The van der Waals surface area contributed by atoms with Crippen LogP contribution in [0.5, 0.6) is 11.5 Å². The SMILES string of the molecule is CC(C)COc1ccccc1NC(=O)c1ccc(OC(C)C)cc1. The number of benzene rings is 2. The molecule has 4 nitrogen and oxygen atoms in total. The molecule has 0 heterocycles. The Hall–Kier alpha value is -2.49. The van der Waals surface area contributed by atoms with Crippen LogP contribution in [0.3, 0.4) is 0 Å². The second-order valence-electron chi connectivity index (χ2n) is 6.35. The zero-order valence-electron chi connectivity index (χ0n) is 14.7. The van der Waals surface area contributed by atoms with Crippen LogP contribution in [-0.2, 0) is 0 Å². The van der Waals surface area contributed by atoms with Gasteiger partial charge in [0.2, 0.25) is 0 Å². The van der Waals surface area contributed by atoms with Gasteiger partial charge in [-0.15, -0.1) is 0 Å². The van der Waals surface area contributed by atoms with Crippen LogP contribution in [0.25, 0.3) is 0 Å². The Morgan fingerprint density at radius 1 is 1.00 bits per heavy atom. The van der Waals surface area contributed by atoms with Gasteiger partial charge in [-0.25, -0.2) is 0 Å². The quantitative estimate of drug-likeness (QED) is 0.797. The minimum atomic E-state index is -0.174. The molecule has 0 saturated carbocycles. The summed E-state index contributed by atoms with van der Waals surface area (Å²) >= 11 is 0. The molecule has 2 aromatic carbocycles. The Morgan fingerprint density at radius 2 is 1.67 bits per heavy atom. The monoisotopic (exact) mass is 327 g/mol. The van der Waals surface area contributed by atoms with E-state index in [9.17, 15) is 4.79 Å². The van der Waals surface area contributed by atoms with E-state index < -0.39 is 0 Å². The summed E-state index contributed by atoms with van der Waals surface area (Å²) in [5.74, 6) is 1.68. The number of hydrogen-bond acceptors (Lipinski definition) is 3. The van der Waals surface area contributed by atoms with Gasteiger partial charge in [-0.05, 0) is 56.2 Å². The van der Waals surface area contributed by atoms with Crippen LogP contribution >= 0.6 is 0 Å². The molecule has 0 unspecified atom stereocenters. The van der Waals surface area contributed by atoms with Crippen molar-refractivity contribution >= 4 is 11.6 Å². The number of anilines is 1. The molecule has 4 heteroatoms. The largest absolute Gasteiger partial charge is 0.491 e. The molecule has 1 N–H and O–H groups in total. The van der Waals surface area contributed by atoms with Crippen molar-refractivity contribution in [3.8, 4) is 11.5 Å². The highest BCUT2D eigenvalue weighted by molar-refractivity contribution is 6.05. The molecular formula is C20H25NO3. The van der Waals surface area contributed by atoms with Crippen LogP contribution in [0.15, 0.2) is 48.5 Å². The second kappa shape index (κ2) is 8.39. The maximum atomic E-state index is 12.4. The van der Waals surface area contributed by atoms with E-state index in [1.807, 2.05) is 38.1 Å². The molecule has 0 aliphatic rings. The molecule has 0 fully saturated rings. The van der Waals surface area contributed by atoms with Crippen LogP contribution in [0.4, 0.5) is 5.69 Å². The van der Waals surface area contributed by atoms with Crippen molar-refractivity contribution in [1.82, 2.24) is 0 Å². The van der Waals surface area contributed by atoms with Gasteiger partial charge >= 0.3 is 0 Å². The second-order valence-corrected chi connectivity index (χ2v) is 6.35. The highest BCUT2D eigenvalue weighted by atomic mass is 16.5. The van der Waals surface area contributed by atoms with Crippen molar-refractivity contribution in [2.75, 3.05) is 11.9 Å². The van der Waals surface area contributed by atoms with Gasteiger partial charge < -0.3 is 14.8 Å². The molecule has 128 valence electrons. The zero-order chi connectivity index (χ0) is 17.5. The molecule has 2 aromatic rings. The van der Waals surface area contributed by atoms with E-state index in [1.165, 1.54) is 0 Å². The van der Waals surface area contributed by atoms with E-state index in [0.29, 0.717) is 29.5 Å². The number of rotatable bonds is 7. The molecule has 0 bridgehead atoms. The van der Waals surface area contributed by atoms with Crippen LogP contribution in [0, 0.1) is 5.92 Å². The minimum Gasteiger partial charge on any atom is -0.491 e. The summed E-state index contributed by atoms with van der Waals surface area (Å²) in [5, 5.41) is 2.91. The average molecular weight is 327 g/mol. The number of hydrogen-bond donors (Lipinski definition) is 1. The van der Waals surface area contributed by atoms with Crippen molar-refractivity contribution in [3.05, 3.63) is 54.1 Å². The molecule has 0 saturated heterocycles. The van der Waals surface area contributed by atoms with Crippen molar-refractivity contribution < 1.29 is 14.3 Å². The smallest absolute Gasteiger partial charge is 0.255 e. The van der Waals surface area contributed by atoms with Gasteiger partial charge in [0.05, 0.1) is 18.4 Å². The normalized spacial score (nSPS) is 10.8. The van der Waals surface area contributed by atoms with Crippen molar-refractivity contribution in [1.29, 1.82) is 0 Å². The first-order valence-electron chi connectivity index (χ1n) is 8.25.